The highest BCUT2D eigenvalue weighted by Crippen LogP contribution is 2.15. The second-order valence-corrected chi connectivity index (χ2v) is 4.78. The van der Waals surface area contributed by atoms with Gasteiger partial charge < -0.3 is 5.32 Å². The summed E-state index contributed by atoms with van der Waals surface area (Å²) in [6, 6.07) is 18.9. The quantitative estimate of drug-likeness (QED) is 0.797. The Morgan fingerprint density at radius 1 is 1.00 bits per heavy atom. The average molecular weight is 277 g/mol. The number of hydrogen-bond donors (Lipinski definition) is 1. The molecule has 4 heteroatoms. The molecule has 21 heavy (non-hydrogen) atoms. The van der Waals surface area contributed by atoms with Crippen LogP contribution in [-0.2, 0) is 0 Å². The zero-order chi connectivity index (χ0) is 14.7. The number of hydrogen-bond acceptors (Lipinski definition) is 2. The first-order valence-corrected chi connectivity index (χ1v) is 6.71. The van der Waals surface area contributed by atoms with E-state index < -0.39 is 0 Å². The molecule has 0 saturated heterocycles. The van der Waals surface area contributed by atoms with E-state index in [9.17, 15) is 4.79 Å². The standard InChI is InChI=1S/C17H15N3O/c1-13-7-9-14(10-8-13)17(21)19-16-11-12-18-20(16)15-5-3-2-4-6-15/h2-12H,1H3,(H,19,21). The van der Waals surface area contributed by atoms with Crippen LogP contribution in [0.15, 0.2) is 66.9 Å². The second kappa shape index (κ2) is 5.63. The molecule has 0 unspecified atom stereocenters. The zero-order valence-electron chi connectivity index (χ0n) is 11.7. The molecule has 0 aliphatic rings. The molecule has 0 aliphatic carbocycles. The predicted octanol–water partition coefficient (Wildman–Crippen LogP) is 3.43. The summed E-state index contributed by atoms with van der Waals surface area (Å²) in [5.74, 6) is 0.499. The monoisotopic (exact) mass is 277 g/mol. The average Bonchev–Trinajstić information content (AvgIpc) is 2.97. The summed E-state index contributed by atoms with van der Waals surface area (Å²) in [5.41, 5.74) is 2.66. The van der Waals surface area contributed by atoms with Crippen LogP contribution in [0.3, 0.4) is 0 Å². The molecule has 0 spiro atoms. The molecule has 4 nitrogen and oxygen atoms in total. The molecule has 1 heterocycles. The molecule has 104 valence electrons. The number of carbonyl (C=O) groups is 1. The first kappa shape index (κ1) is 13.1. The van der Waals surface area contributed by atoms with Crippen molar-refractivity contribution >= 4 is 11.7 Å². The topological polar surface area (TPSA) is 46.9 Å². The largest absolute Gasteiger partial charge is 0.306 e. The summed E-state index contributed by atoms with van der Waals surface area (Å²) in [5, 5.41) is 7.14. The molecule has 3 rings (SSSR count). The summed E-state index contributed by atoms with van der Waals surface area (Å²) in [6.45, 7) is 1.99. The Kier molecular flexibility index (Phi) is 3.51. The van der Waals surface area contributed by atoms with Crippen LogP contribution in [0.25, 0.3) is 5.69 Å². The van der Waals surface area contributed by atoms with E-state index in [1.54, 1.807) is 16.9 Å². The smallest absolute Gasteiger partial charge is 0.256 e. The van der Waals surface area contributed by atoms with E-state index in [0.717, 1.165) is 11.3 Å². The maximum atomic E-state index is 12.3. The maximum Gasteiger partial charge on any atom is 0.256 e. The lowest BCUT2D eigenvalue weighted by Gasteiger charge is -2.09. The van der Waals surface area contributed by atoms with Crippen LogP contribution in [0.4, 0.5) is 5.82 Å². The Bertz CT molecular complexity index is 745. The van der Waals surface area contributed by atoms with Crippen LogP contribution in [0.2, 0.25) is 0 Å². The number of aromatic nitrogens is 2. The van der Waals surface area contributed by atoms with Crippen LogP contribution in [-0.4, -0.2) is 15.7 Å². The number of nitrogens with zero attached hydrogens (tertiary/aromatic N) is 2. The number of rotatable bonds is 3. The first-order valence-electron chi connectivity index (χ1n) is 6.71. The number of anilines is 1. The van der Waals surface area contributed by atoms with Gasteiger partial charge in [-0.05, 0) is 31.2 Å². The summed E-state index contributed by atoms with van der Waals surface area (Å²) >= 11 is 0. The van der Waals surface area contributed by atoms with Crippen molar-refractivity contribution in [1.82, 2.24) is 9.78 Å². The third-order valence-corrected chi connectivity index (χ3v) is 3.20. The van der Waals surface area contributed by atoms with E-state index in [4.69, 9.17) is 0 Å². The fourth-order valence-electron chi connectivity index (χ4n) is 2.07. The van der Waals surface area contributed by atoms with Crippen molar-refractivity contribution in [3.05, 3.63) is 78.0 Å². The molecule has 0 fully saturated rings. The number of benzene rings is 2. The third-order valence-electron chi connectivity index (χ3n) is 3.20. The Hall–Kier alpha value is -2.88. The highest BCUT2D eigenvalue weighted by molar-refractivity contribution is 6.03. The van der Waals surface area contributed by atoms with Crippen LogP contribution in [0, 0.1) is 6.92 Å². The lowest BCUT2D eigenvalue weighted by Crippen LogP contribution is -2.15. The lowest BCUT2D eigenvalue weighted by molar-refractivity contribution is 0.102. The fraction of sp³-hybridized carbons (Fsp3) is 0.0588. The van der Waals surface area contributed by atoms with Crippen molar-refractivity contribution in [3.63, 3.8) is 0 Å². The van der Waals surface area contributed by atoms with Crippen molar-refractivity contribution in [2.24, 2.45) is 0 Å². The Morgan fingerprint density at radius 2 is 1.71 bits per heavy atom. The minimum atomic E-state index is -0.146. The van der Waals surface area contributed by atoms with Crippen molar-refractivity contribution in [1.29, 1.82) is 0 Å². The number of amides is 1. The van der Waals surface area contributed by atoms with Crippen molar-refractivity contribution in [2.45, 2.75) is 6.92 Å². The predicted molar refractivity (Wildman–Crippen MR) is 82.7 cm³/mol. The molecule has 0 aliphatic heterocycles. The number of aryl methyl sites for hydroxylation is 1. The highest BCUT2D eigenvalue weighted by atomic mass is 16.1. The molecule has 1 N–H and O–H groups in total. The van der Waals surface area contributed by atoms with Gasteiger partial charge in [0, 0.05) is 11.6 Å². The van der Waals surface area contributed by atoms with E-state index in [-0.39, 0.29) is 5.91 Å². The van der Waals surface area contributed by atoms with E-state index in [1.165, 1.54) is 0 Å². The van der Waals surface area contributed by atoms with Gasteiger partial charge in [0.25, 0.3) is 5.91 Å². The summed E-state index contributed by atoms with van der Waals surface area (Å²) < 4.78 is 1.70. The van der Waals surface area contributed by atoms with Crippen molar-refractivity contribution < 1.29 is 4.79 Å². The number of carbonyl (C=O) groups excluding carboxylic acids is 1. The maximum absolute atomic E-state index is 12.3. The minimum absolute atomic E-state index is 0.146. The highest BCUT2D eigenvalue weighted by Gasteiger charge is 2.10. The molecule has 0 bridgehead atoms. The Labute approximate surface area is 123 Å². The molecule has 0 atom stereocenters. The normalized spacial score (nSPS) is 10.3. The van der Waals surface area contributed by atoms with Gasteiger partial charge in [-0.25, -0.2) is 4.68 Å². The molecular weight excluding hydrogens is 262 g/mol. The Balaban J connectivity index is 1.85. The van der Waals surface area contributed by atoms with Crippen molar-refractivity contribution in [2.75, 3.05) is 5.32 Å². The molecule has 3 aromatic rings. The molecule has 1 aromatic heterocycles. The summed E-state index contributed by atoms with van der Waals surface area (Å²) in [4.78, 5) is 12.3. The summed E-state index contributed by atoms with van der Waals surface area (Å²) in [7, 11) is 0. The second-order valence-electron chi connectivity index (χ2n) is 4.78. The van der Waals surface area contributed by atoms with Crippen LogP contribution >= 0.6 is 0 Å². The summed E-state index contributed by atoms with van der Waals surface area (Å²) in [6.07, 6.45) is 1.66. The van der Waals surface area contributed by atoms with Gasteiger partial charge in [0.1, 0.15) is 5.82 Å². The van der Waals surface area contributed by atoms with Gasteiger partial charge in [-0.3, -0.25) is 4.79 Å². The van der Waals surface area contributed by atoms with Crippen LogP contribution in [0.1, 0.15) is 15.9 Å². The molecule has 0 saturated carbocycles. The van der Waals surface area contributed by atoms with E-state index in [0.29, 0.717) is 11.4 Å². The Morgan fingerprint density at radius 3 is 2.43 bits per heavy atom. The fourth-order valence-corrected chi connectivity index (χ4v) is 2.07. The number of nitrogens with one attached hydrogen (secondary N) is 1. The van der Waals surface area contributed by atoms with E-state index in [2.05, 4.69) is 10.4 Å². The van der Waals surface area contributed by atoms with Crippen molar-refractivity contribution in [3.8, 4) is 5.69 Å². The van der Waals surface area contributed by atoms with Gasteiger partial charge in [-0.15, -0.1) is 0 Å². The van der Waals surface area contributed by atoms with Crippen LogP contribution in [0.5, 0.6) is 0 Å². The van der Waals surface area contributed by atoms with Gasteiger partial charge in [0.2, 0.25) is 0 Å². The van der Waals surface area contributed by atoms with Gasteiger partial charge in [0.05, 0.1) is 11.9 Å². The first-order chi connectivity index (χ1) is 10.2. The minimum Gasteiger partial charge on any atom is -0.306 e. The third kappa shape index (κ3) is 2.84. The van der Waals surface area contributed by atoms with Gasteiger partial charge in [-0.2, -0.15) is 5.10 Å². The van der Waals surface area contributed by atoms with Gasteiger partial charge >= 0.3 is 0 Å². The SMILES string of the molecule is Cc1ccc(C(=O)Nc2ccnn2-c2ccccc2)cc1. The van der Waals surface area contributed by atoms with E-state index >= 15 is 0 Å². The van der Waals surface area contributed by atoms with E-state index in [1.807, 2.05) is 61.5 Å². The molecule has 2 aromatic carbocycles. The zero-order valence-corrected chi connectivity index (χ0v) is 11.7. The molecular formula is C17H15N3O. The molecule has 0 radical (unpaired) electrons. The van der Waals surface area contributed by atoms with Crippen LogP contribution < -0.4 is 5.32 Å². The number of para-hydroxylation sites is 1. The van der Waals surface area contributed by atoms with Gasteiger partial charge in [-0.1, -0.05) is 35.9 Å². The van der Waals surface area contributed by atoms with Gasteiger partial charge in [0.15, 0.2) is 0 Å². The molecule has 1 amide bonds. The lowest BCUT2D eigenvalue weighted by atomic mass is 10.1.